The Hall–Kier alpha value is -1.29. The van der Waals surface area contributed by atoms with E-state index < -0.39 is 0 Å². The molecule has 0 aliphatic carbocycles. The first-order valence-electron chi connectivity index (χ1n) is 5.20. The number of carbonyl (C=O) groups excluding carboxylic acids is 1. The third-order valence-corrected chi connectivity index (χ3v) is 2.06. The van der Waals surface area contributed by atoms with E-state index in [1.54, 1.807) is 6.26 Å². The third kappa shape index (κ3) is 4.65. The molecule has 0 spiro atoms. The first-order chi connectivity index (χ1) is 7.22. The largest absolute Gasteiger partial charge is 0.467 e. The van der Waals surface area contributed by atoms with Crippen molar-refractivity contribution in [3.05, 3.63) is 24.2 Å². The highest BCUT2D eigenvalue weighted by molar-refractivity contribution is 5.77. The molecule has 1 aromatic rings. The topological polar surface area (TPSA) is 45.5 Å². The van der Waals surface area contributed by atoms with E-state index in [0.717, 1.165) is 18.7 Å². The van der Waals surface area contributed by atoms with Crippen LogP contribution in [0.5, 0.6) is 0 Å². The van der Waals surface area contributed by atoms with Crippen LogP contribution in [0.3, 0.4) is 0 Å². The fourth-order valence-electron chi connectivity index (χ4n) is 1.36. The number of furan rings is 1. The maximum atomic E-state index is 11.4. The summed E-state index contributed by atoms with van der Waals surface area (Å²) in [4.78, 5) is 13.4. The van der Waals surface area contributed by atoms with Crippen molar-refractivity contribution >= 4 is 5.91 Å². The van der Waals surface area contributed by atoms with Crippen LogP contribution in [0.15, 0.2) is 22.8 Å². The molecule has 0 fully saturated rings. The molecule has 0 aromatic carbocycles. The van der Waals surface area contributed by atoms with Crippen LogP contribution in [-0.4, -0.2) is 30.9 Å². The molecule has 0 unspecified atom stereocenters. The van der Waals surface area contributed by atoms with Crippen LogP contribution < -0.4 is 5.32 Å². The maximum Gasteiger partial charge on any atom is 0.234 e. The molecule has 1 amide bonds. The molecule has 84 valence electrons. The van der Waals surface area contributed by atoms with E-state index in [-0.39, 0.29) is 5.91 Å². The molecule has 0 saturated heterocycles. The second-order valence-corrected chi connectivity index (χ2v) is 3.59. The van der Waals surface area contributed by atoms with Gasteiger partial charge in [-0.05, 0) is 32.1 Å². The molecule has 0 aliphatic rings. The van der Waals surface area contributed by atoms with Gasteiger partial charge in [-0.1, -0.05) is 6.92 Å². The van der Waals surface area contributed by atoms with Gasteiger partial charge in [0, 0.05) is 0 Å². The van der Waals surface area contributed by atoms with Gasteiger partial charge in [0.2, 0.25) is 5.91 Å². The number of likely N-dealkylation sites (N-methyl/N-ethyl adjacent to an activating group) is 1. The number of carbonyl (C=O) groups is 1. The standard InChI is InChI=1S/C11H18N2O2/c1-3-6-13(2)9-11(14)12-8-10-5-4-7-15-10/h4-5,7H,3,6,8-9H2,1-2H3,(H,12,14). The van der Waals surface area contributed by atoms with Gasteiger partial charge in [0.1, 0.15) is 5.76 Å². The Balaban J connectivity index is 2.19. The summed E-state index contributed by atoms with van der Waals surface area (Å²) in [6, 6.07) is 3.65. The summed E-state index contributed by atoms with van der Waals surface area (Å²) in [5, 5.41) is 2.80. The van der Waals surface area contributed by atoms with E-state index in [0.29, 0.717) is 13.1 Å². The van der Waals surface area contributed by atoms with Gasteiger partial charge in [0.05, 0.1) is 19.4 Å². The number of rotatable bonds is 6. The molecule has 4 nitrogen and oxygen atoms in total. The number of hydrogen-bond donors (Lipinski definition) is 1. The van der Waals surface area contributed by atoms with Crippen LogP contribution in [-0.2, 0) is 11.3 Å². The van der Waals surface area contributed by atoms with Gasteiger partial charge in [0.25, 0.3) is 0 Å². The molecular formula is C11H18N2O2. The molecule has 1 heterocycles. The molecule has 1 N–H and O–H groups in total. The molecule has 1 aromatic heterocycles. The van der Waals surface area contributed by atoms with Crippen LogP contribution in [0, 0.1) is 0 Å². The molecule has 0 aliphatic heterocycles. The Morgan fingerprint density at radius 2 is 2.40 bits per heavy atom. The maximum absolute atomic E-state index is 11.4. The first-order valence-corrected chi connectivity index (χ1v) is 5.20. The van der Waals surface area contributed by atoms with Gasteiger partial charge in [-0.2, -0.15) is 0 Å². The van der Waals surface area contributed by atoms with Gasteiger partial charge in [-0.15, -0.1) is 0 Å². The van der Waals surface area contributed by atoms with E-state index >= 15 is 0 Å². The van der Waals surface area contributed by atoms with E-state index in [2.05, 4.69) is 12.2 Å². The average Bonchev–Trinajstić information content (AvgIpc) is 2.67. The molecule has 0 saturated carbocycles. The number of nitrogens with one attached hydrogen (secondary N) is 1. The molecule has 0 atom stereocenters. The van der Waals surface area contributed by atoms with Gasteiger partial charge in [-0.25, -0.2) is 0 Å². The fourth-order valence-corrected chi connectivity index (χ4v) is 1.36. The number of nitrogens with zero attached hydrogens (tertiary/aromatic N) is 1. The highest BCUT2D eigenvalue weighted by Crippen LogP contribution is 1.98. The van der Waals surface area contributed by atoms with E-state index in [9.17, 15) is 4.79 Å². The van der Waals surface area contributed by atoms with Crippen molar-refractivity contribution in [3.8, 4) is 0 Å². The van der Waals surface area contributed by atoms with Crippen molar-refractivity contribution < 1.29 is 9.21 Å². The highest BCUT2D eigenvalue weighted by Gasteiger charge is 2.05. The minimum absolute atomic E-state index is 0.0300. The molecule has 0 radical (unpaired) electrons. The lowest BCUT2D eigenvalue weighted by atomic mass is 10.4. The zero-order valence-electron chi connectivity index (χ0n) is 9.32. The molecular weight excluding hydrogens is 192 g/mol. The minimum atomic E-state index is 0.0300. The summed E-state index contributed by atoms with van der Waals surface area (Å²) >= 11 is 0. The van der Waals surface area contributed by atoms with Crippen molar-refractivity contribution in [2.75, 3.05) is 20.1 Å². The van der Waals surface area contributed by atoms with E-state index in [1.165, 1.54) is 0 Å². The lowest BCUT2D eigenvalue weighted by molar-refractivity contribution is -0.122. The molecule has 0 bridgehead atoms. The van der Waals surface area contributed by atoms with E-state index in [4.69, 9.17) is 4.42 Å². The molecule has 4 heteroatoms. The van der Waals surface area contributed by atoms with Gasteiger partial charge in [-0.3, -0.25) is 9.69 Å². The Morgan fingerprint density at radius 3 is 3.00 bits per heavy atom. The summed E-state index contributed by atoms with van der Waals surface area (Å²) in [6.45, 7) is 3.94. The third-order valence-electron chi connectivity index (χ3n) is 2.06. The Morgan fingerprint density at radius 1 is 1.60 bits per heavy atom. The number of hydrogen-bond acceptors (Lipinski definition) is 3. The summed E-state index contributed by atoms with van der Waals surface area (Å²) in [5.74, 6) is 0.809. The van der Waals surface area contributed by atoms with E-state index in [1.807, 2.05) is 24.1 Å². The lowest BCUT2D eigenvalue weighted by Crippen LogP contribution is -2.35. The summed E-state index contributed by atoms with van der Waals surface area (Å²) < 4.78 is 5.11. The second-order valence-electron chi connectivity index (χ2n) is 3.59. The molecule has 15 heavy (non-hydrogen) atoms. The van der Waals surface area contributed by atoms with Crippen molar-refractivity contribution in [1.29, 1.82) is 0 Å². The van der Waals surface area contributed by atoms with Gasteiger partial charge in [0.15, 0.2) is 0 Å². The zero-order chi connectivity index (χ0) is 11.1. The molecule has 1 rings (SSSR count). The van der Waals surface area contributed by atoms with Gasteiger partial charge < -0.3 is 9.73 Å². The normalized spacial score (nSPS) is 10.6. The summed E-state index contributed by atoms with van der Waals surface area (Å²) in [7, 11) is 1.94. The Kier molecular flexibility index (Phi) is 4.90. The summed E-state index contributed by atoms with van der Waals surface area (Å²) in [5.41, 5.74) is 0. The van der Waals surface area contributed by atoms with Crippen molar-refractivity contribution in [1.82, 2.24) is 10.2 Å². The van der Waals surface area contributed by atoms with Crippen LogP contribution in [0.25, 0.3) is 0 Å². The highest BCUT2D eigenvalue weighted by atomic mass is 16.3. The zero-order valence-corrected chi connectivity index (χ0v) is 9.32. The summed E-state index contributed by atoms with van der Waals surface area (Å²) in [6.07, 6.45) is 2.66. The average molecular weight is 210 g/mol. The SMILES string of the molecule is CCCN(C)CC(=O)NCc1ccco1. The van der Waals surface area contributed by atoms with Gasteiger partial charge >= 0.3 is 0 Å². The predicted molar refractivity (Wildman–Crippen MR) is 58.3 cm³/mol. The van der Waals surface area contributed by atoms with Crippen molar-refractivity contribution in [2.24, 2.45) is 0 Å². The predicted octanol–water partition coefficient (Wildman–Crippen LogP) is 1.24. The second kappa shape index (κ2) is 6.24. The van der Waals surface area contributed by atoms with Crippen LogP contribution >= 0.6 is 0 Å². The quantitative estimate of drug-likeness (QED) is 0.768. The van der Waals surface area contributed by atoms with Crippen LogP contribution in [0.1, 0.15) is 19.1 Å². The fraction of sp³-hybridized carbons (Fsp3) is 0.545. The van der Waals surface area contributed by atoms with Crippen LogP contribution in [0.4, 0.5) is 0 Å². The smallest absolute Gasteiger partial charge is 0.234 e. The minimum Gasteiger partial charge on any atom is -0.467 e. The Labute approximate surface area is 90.3 Å². The van der Waals surface area contributed by atoms with Crippen LogP contribution in [0.2, 0.25) is 0 Å². The lowest BCUT2D eigenvalue weighted by Gasteiger charge is -2.14. The van der Waals surface area contributed by atoms with Crippen molar-refractivity contribution in [2.45, 2.75) is 19.9 Å². The number of amides is 1. The monoisotopic (exact) mass is 210 g/mol. The van der Waals surface area contributed by atoms with Crippen molar-refractivity contribution in [3.63, 3.8) is 0 Å². The Bertz CT molecular complexity index is 283. The first kappa shape index (κ1) is 11.8.